The molecule has 2 amide bonds. The number of nitrogens with zero attached hydrogens (tertiary/aromatic N) is 2. The second-order valence-corrected chi connectivity index (χ2v) is 14.4. The normalized spacial score (nSPS) is 27.2. The summed E-state index contributed by atoms with van der Waals surface area (Å²) in [4.78, 5) is 46.8. The number of hydrogen-bond acceptors (Lipinski definition) is 6. The molecule has 0 saturated carbocycles. The van der Waals surface area contributed by atoms with E-state index in [1.165, 1.54) is 0 Å². The molecule has 0 aliphatic carbocycles. The number of amides is 2. The predicted octanol–water partition coefficient (Wildman–Crippen LogP) is 6.01. The molecule has 3 unspecified atom stereocenters. The molecule has 2 aromatic rings. The predicted molar refractivity (Wildman–Crippen MR) is 180 cm³/mol. The van der Waals surface area contributed by atoms with E-state index in [2.05, 4.69) is 20.1 Å². The van der Waals surface area contributed by atoms with Gasteiger partial charge in [0.1, 0.15) is 6.04 Å². The maximum Gasteiger partial charge on any atom is 0.310 e. The van der Waals surface area contributed by atoms with Gasteiger partial charge in [0.2, 0.25) is 5.91 Å². The van der Waals surface area contributed by atoms with Crippen molar-refractivity contribution in [3.8, 4) is 0 Å². The highest BCUT2D eigenvalue weighted by Crippen LogP contribution is 2.69. The van der Waals surface area contributed by atoms with E-state index >= 15 is 4.79 Å². The van der Waals surface area contributed by atoms with Crippen molar-refractivity contribution in [1.29, 1.82) is 0 Å². The molecule has 5 rings (SSSR count). The molecule has 7 nitrogen and oxygen atoms in total. The molecule has 240 valence electrons. The van der Waals surface area contributed by atoms with Crippen LogP contribution in [-0.2, 0) is 25.5 Å². The number of esters is 1. The van der Waals surface area contributed by atoms with Crippen LogP contribution in [0.2, 0.25) is 5.02 Å². The van der Waals surface area contributed by atoms with Gasteiger partial charge in [-0.3, -0.25) is 14.4 Å². The second-order valence-electron chi connectivity index (χ2n) is 12.4. The lowest BCUT2D eigenvalue weighted by Crippen LogP contribution is -2.59. The first-order chi connectivity index (χ1) is 21.7. The highest BCUT2D eigenvalue weighted by Gasteiger charge is 2.77. The number of likely N-dealkylation sites (tertiary alicyclic amines) is 1. The Bertz CT molecular complexity index is 1420. The van der Waals surface area contributed by atoms with Crippen molar-refractivity contribution < 1.29 is 24.2 Å². The molecule has 3 saturated heterocycles. The molecular formula is C36H43ClN2O5S. The van der Waals surface area contributed by atoms with Crippen molar-refractivity contribution in [2.24, 2.45) is 17.8 Å². The summed E-state index contributed by atoms with van der Waals surface area (Å²) < 4.78 is 4.91. The van der Waals surface area contributed by atoms with Crippen LogP contribution in [0.15, 0.2) is 73.8 Å². The van der Waals surface area contributed by atoms with Crippen LogP contribution in [0.5, 0.6) is 0 Å². The SMILES string of the molecule is C=CCCCCOC(=O)[C@@H]1[C@H]2C(=O)N([C@@H](CO)Cc3ccccc3)C(C(=O)N(CC=C)c3c(C)cccc3Cl)C23S[C@@H]1CC3C. The first kappa shape index (κ1) is 33.3. The molecule has 2 aromatic carbocycles. The monoisotopic (exact) mass is 650 g/mol. The summed E-state index contributed by atoms with van der Waals surface area (Å²) in [7, 11) is 0. The van der Waals surface area contributed by atoms with Crippen molar-refractivity contribution in [2.45, 2.75) is 68.0 Å². The van der Waals surface area contributed by atoms with Crippen molar-refractivity contribution in [2.75, 3.05) is 24.7 Å². The quantitative estimate of drug-likeness (QED) is 0.153. The Labute approximate surface area is 275 Å². The van der Waals surface area contributed by atoms with Crippen LogP contribution >= 0.6 is 23.4 Å². The van der Waals surface area contributed by atoms with Crippen LogP contribution in [0.4, 0.5) is 5.69 Å². The zero-order valence-corrected chi connectivity index (χ0v) is 27.6. The molecule has 9 heteroatoms. The third-order valence-electron chi connectivity index (χ3n) is 9.69. The van der Waals surface area contributed by atoms with Gasteiger partial charge in [0.05, 0.1) is 46.5 Å². The number of aryl methyl sites for hydroxylation is 1. The van der Waals surface area contributed by atoms with E-state index in [4.69, 9.17) is 16.3 Å². The molecule has 1 N–H and O–H groups in total. The van der Waals surface area contributed by atoms with Gasteiger partial charge in [0.15, 0.2) is 0 Å². The maximum atomic E-state index is 15.1. The van der Waals surface area contributed by atoms with Gasteiger partial charge in [0.25, 0.3) is 5.91 Å². The van der Waals surface area contributed by atoms with Crippen LogP contribution in [0.25, 0.3) is 0 Å². The number of ether oxygens (including phenoxy) is 1. The minimum atomic E-state index is -0.929. The Kier molecular flexibility index (Phi) is 10.5. The van der Waals surface area contributed by atoms with Gasteiger partial charge in [-0.25, -0.2) is 0 Å². The third-order valence-corrected chi connectivity index (χ3v) is 12.1. The summed E-state index contributed by atoms with van der Waals surface area (Å²) in [6.45, 7) is 11.8. The summed E-state index contributed by atoms with van der Waals surface area (Å²) in [6, 6.07) is 13.5. The largest absolute Gasteiger partial charge is 0.465 e. The van der Waals surface area contributed by atoms with Gasteiger partial charge in [0, 0.05) is 11.8 Å². The van der Waals surface area contributed by atoms with E-state index in [-0.39, 0.29) is 48.7 Å². The highest BCUT2D eigenvalue weighted by molar-refractivity contribution is 8.02. The zero-order valence-electron chi connectivity index (χ0n) is 26.1. The molecule has 7 atom stereocenters. The van der Waals surface area contributed by atoms with E-state index in [0.29, 0.717) is 30.0 Å². The summed E-state index contributed by atoms with van der Waals surface area (Å²) in [5, 5.41) is 11.1. The first-order valence-electron chi connectivity index (χ1n) is 15.8. The zero-order chi connectivity index (χ0) is 32.3. The molecule has 3 fully saturated rings. The Morgan fingerprint density at radius 2 is 1.93 bits per heavy atom. The van der Waals surface area contributed by atoms with E-state index < -0.39 is 28.7 Å². The fraction of sp³-hybridized carbons (Fsp3) is 0.472. The number of unbranched alkanes of at least 4 members (excludes halogenated alkanes) is 2. The van der Waals surface area contributed by atoms with Gasteiger partial charge in [-0.2, -0.15) is 0 Å². The molecule has 0 aromatic heterocycles. The Morgan fingerprint density at radius 1 is 1.18 bits per heavy atom. The molecule has 3 heterocycles. The lowest BCUT2D eigenvalue weighted by molar-refractivity contribution is -0.155. The number of hydrogen-bond donors (Lipinski definition) is 1. The number of halogens is 1. The van der Waals surface area contributed by atoms with Crippen LogP contribution in [0.1, 0.15) is 43.7 Å². The first-order valence-corrected chi connectivity index (χ1v) is 17.1. The van der Waals surface area contributed by atoms with E-state index in [9.17, 15) is 14.7 Å². The van der Waals surface area contributed by atoms with Crippen LogP contribution in [-0.4, -0.2) is 69.6 Å². The summed E-state index contributed by atoms with van der Waals surface area (Å²) in [5.74, 6) is -2.37. The summed E-state index contributed by atoms with van der Waals surface area (Å²) in [6.07, 6.45) is 6.98. The number of anilines is 1. The molecule has 0 radical (unpaired) electrons. The van der Waals surface area contributed by atoms with Gasteiger partial charge >= 0.3 is 5.97 Å². The second kappa shape index (κ2) is 14.1. The average molecular weight is 651 g/mol. The van der Waals surface area contributed by atoms with E-state index in [0.717, 1.165) is 24.0 Å². The van der Waals surface area contributed by atoms with Gasteiger partial charge in [-0.1, -0.05) is 73.1 Å². The van der Waals surface area contributed by atoms with Gasteiger partial charge in [-0.15, -0.1) is 24.9 Å². The Balaban J connectivity index is 1.59. The van der Waals surface area contributed by atoms with E-state index in [1.54, 1.807) is 33.7 Å². The van der Waals surface area contributed by atoms with Gasteiger partial charge in [-0.05, 0) is 62.1 Å². The number of para-hydroxylation sites is 1. The molecular weight excluding hydrogens is 608 g/mol. The van der Waals surface area contributed by atoms with Crippen LogP contribution in [0, 0.1) is 24.7 Å². The number of carbonyl (C=O) groups excluding carboxylic acids is 3. The van der Waals surface area contributed by atoms with Crippen molar-refractivity contribution in [1.82, 2.24) is 4.90 Å². The lowest BCUT2D eigenvalue weighted by Gasteiger charge is -2.42. The van der Waals surface area contributed by atoms with Crippen molar-refractivity contribution in [3.05, 3.63) is 90.0 Å². The fourth-order valence-electron chi connectivity index (χ4n) is 7.73. The molecule has 1 spiro atoms. The topological polar surface area (TPSA) is 87.1 Å². The molecule has 3 aliphatic heterocycles. The maximum absolute atomic E-state index is 15.1. The van der Waals surface area contributed by atoms with Gasteiger partial charge < -0.3 is 19.6 Å². The fourth-order valence-corrected chi connectivity index (χ4v) is 10.4. The highest BCUT2D eigenvalue weighted by atomic mass is 35.5. The number of allylic oxidation sites excluding steroid dienone is 1. The minimum absolute atomic E-state index is 0.0361. The third kappa shape index (κ3) is 5.97. The number of thioether (sulfide) groups is 1. The van der Waals surface area contributed by atoms with Crippen molar-refractivity contribution in [3.63, 3.8) is 0 Å². The lowest BCUT2D eigenvalue weighted by atomic mass is 9.66. The summed E-state index contributed by atoms with van der Waals surface area (Å²) in [5.41, 5.74) is 2.33. The number of carbonyl (C=O) groups is 3. The summed E-state index contributed by atoms with van der Waals surface area (Å²) >= 11 is 8.31. The van der Waals surface area contributed by atoms with Crippen LogP contribution in [0.3, 0.4) is 0 Å². The smallest absolute Gasteiger partial charge is 0.310 e. The Morgan fingerprint density at radius 3 is 2.60 bits per heavy atom. The molecule has 2 bridgehead atoms. The average Bonchev–Trinajstić information content (AvgIpc) is 3.63. The Hall–Kier alpha value is -3.07. The van der Waals surface area contributed by atoms with Crippen molar-refractivity contribution >= 4 is 46.8 Å². The van der Waals surface area contributed by atoms with Crippen LogP contribution < -0.4 is 4.90 Å². The molecule has 3 aliphatic rings. The minimum Gasteiger partial charge on any atom is -0.465 e. The number of fused-ring (bicyclic) bond motifs is 1. The number of aliphatic hydroxyl groups is 1. The number of rotatable bonds is 14. The number of aliphatic hydroxyl groups excluding tert-OH is 1. The number of benzene rings is 2. The molecule has 45 heavy (non-hydrogen) atoms. The standard InChI is InChI=1S/C36H43ClN2O5S/c1-5-7-8-12-19-44-35(43)29-28-20-24(4)36(45-28)30(29)33(41)39(26(22-40)21-25-15-10-9-11-16-25)32(36)34(42)38(18-6-2)31-23(3)14-13-17-27(31)37/h5-6,9-11,13-17,24,26,28-30,32,40H,1-2,7-8,12,18-22H2,3-4H3/t24?,26-,28-,29+,30+,32?,36?/m1/s1. The van der Waals surface area contributed by atoms with E-state index in [1.807, 2.05) is 55.5 Å².